The third-order valence-electron chi connectivity index (χ3n) is 3.40. The van der Waals surface area contributed by atoms with Gasteiger partial charge in [-0.1, -0.05) is 0 Å². The second kappa shape index (κ2) is 5.66. The van der Waals surface area contributed by atoms with Gasteiger partial charge in [0.05, 0.1) is 21.3 Å². The van der Waals surface area contributed by atoms with Gasteiger partial charge >= 0.3 is 0 Å². The van der Waals surface area contributed by atoms with Crippen molar-refractivity contribution in [1.82, 2.24) is 0 Å². The maximum Gasteiger partial charge on any atom is 0.131 e. The van der Waals surface area contributed by atoms with Crippen LogP contribution in [0.4, 0.5) is 0 Å². The molecule has 0 saturated carbocycles. The largest absolute Gasteiger partial charge is 0.497 e. The van der Waals surface area contributed by atoms with E-state index in [1.54, 1.807) is 32.7 Å². The number of hydrogen-bond acceptors (Lipinski definition) is 4. The van der Waals surface area contributed by atoms with Crippen molar-refractivity contribution in [2.45, 2.75) is 0 Å². The fraction of sp³-hybridized carbons (Fsp3) is 0.176. The molecule has 0 aliphatic rings. The number of ether oxygens (including phenoxy) is 3. The fourth-order valence-electron chi connectivity index (χ4n) is 2.27. The van der Waals surface area contributed by atoms with Crippen LogP contribution in [-0.4, -0.2) is 21.3 Å². The van der Waals surface area contributed by atoms with Gasteiger partial charge in [0.1, 0.15) is 17.2 Å². The summed E-state index contributed by atoms with van der Waals surface area (Å²) in [6.45, 7) is 0. The summed E-state index contributed by atoms with van der Waals surface area (Å²) in [7, 11) is 5.01. The molecule has 0 fully saturated rings. The Bertz CT molecular complexity index is 777. The van der Waals surface area contributed by atoms with Gasteiger partial charge in [-0.2, -0.15) is 0 Å². The van der Waals surface area contributed by atoms with Crippen molar-refractivity contribution in [3.63, 3.8) is 0 Å². The average molecular weight is 300 g/mol. The fourth-order valence-corrected chi connectivity index (χ4v) is 3.39. The summed E-state index contributed by atoms with van der Waals surface area (Å²) in [5.74, 6) is 2.48. The molecular weight excluding hydrogens is 284 g/mol. The minimum Gasteiger partial charge on any atom is -0.497 e. The van der Waals surface area contributed by atoms with Gasteiger partial charge in [0.15, 0.2) is 0 Å². The lowest BCUT2D eigenvalue weighted by molar-refractivity contribution is 0.395. The molecule has 0 amide bonds. The quantitative estimate of drug-likeness (QED) is 0.705. The molecule has 1 heterocycles. The Balaban J connectivity index is 2.11. The van der Waals surface area contributed by atoms with E-state index in [1.165, 1.54) is 10.1 Å². The smallest absolute Gasteiger partial charge is 0.131 e. The van der Waals surface area contributed by atoms with Crippen molar-refractivity contribution >= 4 is 21.4 Å². The minimum atomic E-state index is 0.790. The van der Waals surface area contributed by atoms with E-state index in [1.807, 2.05) is 24.3 Å². The molecule has 0 spiro atoms. The minimum absolute atomic E-state index is 0.790. The first-order chi connectivity index (χ1) is 10.2. The van der Waals surface area contributed by atoms with Crippen LogP contribution in [-0.2, 0) is 0 Å². The maximum atomic E-state index is 5.49. The molecule has 4 heteroatoms. The highest BCUT2D eigenvalue weighted by atomic mass is 32.1. The number of hydrogen-bond donors (Lipinski definition) is 0. The van der Waals surface area contributed by atoms with Gasteiger partial charge in [0, 0.05) is 21.2 Å². The first-order valence-electron chi connectivity index (χ1n) is 6.55. The number of methoxy groups -OCH3 is 3. The number of fused-ring (bicyclic) bond motifs is 1. The summed E-state index contributed by atoms with van der Waals surface area (Å²) >= 11 is 1.72. The van der Waals surface area contributed by atoms with Gasteiger partial charge < -0.3 is 14.2 Å². The van der Waals surface area contributed by atoms with E-state index in [0.29, 0.717) is 0 Å². The second-order valence-electron chi connectivity index (χ2n) is 4.58. The van der Waals surface area contributed by atoms with Crippen LogP contribution in [0.15, 0.2) is 42.5 Å². The van der Waals surface area contributed by atoms with Crippen LogP contribution in [0.1, 0.15) is 0 Å². The highest BCUT2D eigenvalue weighted by molar-refractivity contribution is 7.22. The molecule has 0 N–H and O–H groups in total. The normalized spacial score (nSPS) is 10.6. The monoisotopic (exact) mass is 300 g/mol. The first-order valence-corrected chi connectivity index (χ1v) is 7.37. The predicted molar refractivity (Wildman–Crippen MR) is 86.9 cm³/mol. The molecule has 1 aromatic heterocycles. The van der Waals surface area contributed by atoms with Crippen molar-refractivity contribution < 1.29 is 14.2 Å². The van der Waals surface area contributed by atoms with Gasteiger partial charge in [-0.3, -0.25) is 0 Å². The Kier molecular flexibility index (Phi) is 3.71. The van der Waals surface area contributed by atoms with Crippen LogP contribution in [0.5, 0.6) is 17.2 Å². The molecular formula is C17H16O3S. The highest BCUT2D eigenvalue weighted by Crippen LogP contribution is 2.40. The predicted octanol–water partition coefficient (Wildman–Crippen LogP) is 4.59. The van der Waals surface area contributed by atoms with E-state index in [-0.39, 0.29) is 0 Å². The molecule has 0 atom stereocenters. The molecule has 3 aromatic rings. The molecule has 3 nitrogen and oxygen atoms in total. The second-order valence-corrected chi connectivity index (χ2v) is 5.66. The van der Waals surface area contributed by atoms with Crippen molar-refractivity contribution in [1.29, 1.82) is 0 Å². The lowest BCUT2D eigenvalue weighted by Gasteiger charge is -2.08. The zero-order chi connectivity index (χ0) is 14.8. The van der Waals surface area contributed by atoms with Gasteiger partial charge in [0.2, 0.25) is 0 Å². The lowest BCUT2D eigenvalue weighted by Crippen LogP contribution is -1.89. The van der Waals surface area contributed by atoms with Crippen LogP contribution >= 0.6 is 11.3 Å². The summed E-state index contributed by atoms with van der Waals surface area (Å²) < 4.78 is 17.2. The van der Waals surface area contributed by atoms with Crippen LogP contribution in [0.25, 0.3) is 20.5 Å². The van der Waals surface area contributed by atoms with E-state index < -0.39 is 0 Å². The van der Waals surface area contributed by atoms with Crippen molar-refractivity contribution in [3.05, 3.63) is 42.5 Å². The Labute approximate surface area is 127 Å². The molecule has 0 unspecified atom stereocenters. The zero-order valence-electron chi connectivity index (χ0n) is 12.2. The SMILES string of the molecule is COc1ccc(-c2cc3ccc(OC)cc3s2)c(OC)c1. The van der Waals surface area contributed by atoms with Gasteiger partial charge in [0.25, 0.3) is 0 Å². The van der Waals surface area contributed by atoms with Gasteiger partial charge in [-0.25, -0.2) is 0 Å². The lowest BCUT2D eigenvalue weighted by atomic mass is 10.1. The van der Waals surface area contributed by atoms with E-state index >= 15 is 0 Å². The van der Waals surface area contributed by atoms with Crippen LogP contribution in [0.3, 0.4) is 0 Å². The van der Waals surface area contributed by atoms with E-state index in [4.69, 9.17) is 14.2 Å². The number of thiophene rings is 1. The van der Waals surface area contributed by atoms with Crippen LogP contribution in [0, 0.1) is 0 Å². The molecule has 0 bridgehead atoms. The van der Waals surface area contributed by atoms with Gasteiger partial charge in [-0.15, -0.1) is 11.3 Å². The summed E-state index contributed by atoms with van der Waals surface area (Å²) in [6, 6.07) is 14.2. The number of rotatable bonds is 4. The summed E-state index contributed by atoms with van der Waals surface area (Å²) in [6.07, 6.45) is 0. The molecule has 21 heavy (non-hydrogen) atoms. The van der Waals surface area contributed by atoms with E-state index in [2.05, 4.69) is 18.2 Å². The van der Waals surface area contributed by atoms with Gasteiger partial charge in [-0.05, 0) is 41.8 Å². The highest BCUT2D eigenvalue weighted by Gasteiger charge is 2.11. The summed E-state index contributed by atoms with van der Waals surface area (Å²) in [5, 5.41) is 1.20. The zero-order valence-corrected chi connectivity index (χ0v) is 13.0. The molecule has 2 aromatic carbocycles. The Morgan fingerprint density at radius 3 is 2.19 bits per heavy atom. The Morgan fingerprint density at radius 2 is 1.48 bits per heavy atom. The molecule has 0 aliphatic heterocycles. The third-order valence-corrected chi connectivity index (χ3v) is 4.53. The summed E-state index contributed by atoms with van der Waals surface area (Å²) in [4.78, 5) is 1.16. The Morgan fingerprint density at radius 1 is 0.762 bits per heavy atom. The van der Waals surface area contributed by atoms with Crippen molar-refractivity contribution in [2.24, 2.45) is 0 Å². The van der Waals surface area contributed by atoms with Crippen molar-refractivity contribution in [3.8, 4) is 27.7 Å². The Hall–Kier alpha value is -2.20. The van der Waals surface area contributed by atoms with E-state index in [0.717, 1.165) is 27.7 Å². The topological polar surface area (TPSA) is 27.7 Å². The van der Waals surface area contributed by atoms with Crippen LogP contribution in [0.2, 0.25) is 0 Å². The van der Waals surface area contributed by atoms with Crippen LogP contribution < -0.4 is 14.2 Å². The number of benzene rings is 2. The third kappa shape index (κ3) is 2.54. The molecule has 0 saturated heterocycles. The molecule has 108 valence electrons. The summed E-state index contributed by atoms with van der Waals surface area (Å²) in [5.41, 5.74) is 1.07. The van der Waals surface area contributed by atoms with Crippen molar-refractivity contribution in [2.75, 3.05) is 21.3 Å². The molecule has 0 aliphatic carbocycles. The van der Waals surface area contributed by atoms with E-state index in [9.17, 15) is 0 Å². The average Bonchev–Trinajstić information content (AvgIpc) is 2.96. The standard InChI is InChI=1S/C17H16O3S/c1-18-12-6-7-14(15(9-12)20-3)17-8-11-4-5-13(19-2)10-16(11)21-17/h4-10H,1-3H3. The first kappa shape index (κ1) is 13.8. The maximum absolute atomic E-state index is 5.49. The molecule has 0 radical (unpaired) electrons. The molecule has 3 rings (SSSR count).